The predicted octanol–water partition coefficient (Wildman–Crippen LogP) is 3.95. The Balaban J connectivity index is 1.88. The van der Waals surface area contributed by atoms with E-state index in [1.807, 2.05) is 31.2 Å². The largest absolute Gasteiger partial charge is 0.573 e. The second kappa shape index (κ2) is 8.98. The first kappa shape index (κ1) is 19.4. The molecule has 140 valence electrons. The number of anilines is 1. The van der Waals surface area contributed by atoms with E-state index in [4.69, 9.17) is 10.5 Å². The number of hydrogen-bond donors (Lipinski definition) is 2. The van der Waals surface area contributed by atoms with Crippen molar-refractivity contribution < 1.29 is 22.6 Å². The van der Waals surface area contributed by atoms with Gasteiger partial charge in [-0.2, -0.15) is 0 Å². The molecule has 0 fully saturated rings. The van der Waals surface area contributed by atoms with Crippen LogP contribution in [-0.4, -0.2) is 25.5 Å². The molecule has 0 heterocycles. The first-order valence-electron chi connectivity index (χ1n) is 8.01. The van der Waals surface area contributed by atoms with Crippen LogP contribution in [0.3, 0.4) is 0 Å². The number of benzene rings is 2. The zero-order chi connectivity index (χ0) is 19.0. The Morgan fingerprint density at radius 3 is 2.46 bits per heavy atom. The summed E-state index contributed by atoms with van der Waals surface area (Å²) in [6.07, 6.45) is -4.07. The van der Waals surface area contributed by atoms with E-state index in [-0.39, 0.29) is 11.7 Å². The number of alkyl halides is 3. The Kier molecular flexibility index (Phi) is 6.71. The first-order valence-corrected chi connectivity index (χ1v) is 8.01. The minimum absolute atomic E-state index is 0.170. The molecule has 2 aromatic carbocycles. The fraction of sp³-hybridized carbons (Fsp3) is 0.278. The molecule has 5 nitrogen and oxygen atoms in total. The molecule has 0 radical (unpaired) electrons. The van der Waals surface area contributed by atoms with Gasteiger partial charge in [0.05, 0.1) is 6.61 Å². The molecule has 2 aromatic rings. The van der Waals surface area contributed by atoms with E-state index >= 15 is 0 Å². The summed E-state index contributed by atoms with van der Waals surface area (Å²) in [4.78, 5) is 4.21. The van der Waals surface area contributed by atoms with Crippen LogP contribution in [0.5, 0.6) is 11.5 Å². The third kappa shape index (κ3) is 6.54. The van der Waals surface area contributed by atoms with Gasteiger partial charge in [0.25, 0.3) is 0 Å². The summed E-state index contributed by atoms with van der Waals surface area (Å²) >= 11 is 0. The van der Waals surface area contributed by atoms with Gasteiger partial charge in [0.2, 0.25) is 0 Å². The van der Waals surface area contributed by atoms with Crippen LogP contribution in [0.25, 0.3) is 0 Å². The van der Waals surface area contributed by atoms with Gasteiger partial charge in [0.15, 0.2) is 5.96 Å². The smallest absolute Gasteiger partial charge is 0.494 e. The monoisotopic (exact) mass is 367 g/mol. The molecular formula is C18H20F3N3O2. The predicted molar refractivity (Wildman–Crippen MR) is 94.6 cm³/mol. The lowest BCUT2D eigenvalue weighted by Gasteiger charge is -2.10. The van der Waals surface area contributed by atoms with Crippen molar-refractivity contribution in [3.8, 4) is 11.5 Å². The van der Waals surface area contributed by atoms with Crippen molar-refractivity contribution in [2.45, 2.75) is 19.7 Å². The Morgan fingerprint density at radius 2 is 1.81 bits per heavy atom. The Bertz CT molecular complexity index is 731. The highest BCUT2D eigenvalue weighted by Gasteiger charge is 2.30. The minimum atomic E-state index is -4.72. The molecule has 0 bridgehead atoms. The van der Waals surface area contributed by atoms with Gasteiger partial charge in [-0.05, 0) is 49.2 Å². The second-order valence-electron chi connectivity index (χ2n) is 5.25. The van der Waals surface area contributed by atoms with Gasteiger partial charge in [-0.25, -0.2) is 0 Å². The normalized spacial score (nSPS) is 11.9. The van der Waals surface area contributed by atoms with Crippen molar-refractivity contribution in [2.75, 3.05) is 18.5 Å². The third-order valence-electron chi connectivity index (χ3n) is 3.30. The van der Waals surface area contributed by atoms with Crippen molar-refractivity contribution in [2.24, 2.45) is 10.7 Å². The molecule has 2 rings (SSSR count). The van der Waals surface area contributed by atoms with Gasteiger partial charge in [0, 0.05) is 12.2 Å². The van der Waals surface area contributed by atoms with E-state index < -0.39 is 6.36 Å². The van der Waals surface area contributed by atoms with Crippen LogP contribution in [0.4, 0.5) is 18.9 Å². The van der Waals surface area contributed by atoms with Gasteiger partial charge in [-0.1, -0.05) is 18.2 Å². The zero-order valence-electron chi connectivity index (χ0n) is 14.2. The van der Waals surface area contributed by atoms with Crippen LogP contribution in [0.15, 0.2) is 53.5 Å². The quantitative estimate of drug-likeness (QED) is 0.574. The molecule has 26 heavy (non-hydrogen) atoms. The van der Waals surface area contributed by atoms with Gasteiger partial charge >= 0.3 is 6.36 Å². The van der Waals surface area contributed by atoms with Crippen molar-refractivity contribution >= 4 is 11.6 Å². The van der Waals surface area contributed by atoms with Gasteiger partial charge in [-0.3, -0.25) is 4.99 Å². The van der Waals surface area contributed by atoms with E-state index in [1.54, 1.807) is 0 Å². The summed E-state index contributed by atoms with van der Waals surface area (Å²) in [7, 11) is 0. The summed E-state index contributed by atoms with van der Waals surface area (Å²) < 4.78 is 45.7. The van der Waals surface area contributed by atoms with E-state index in [2.05, 4.69) is 15.0 Å². The summed E-state index contributed by atoms with van der Waals surface area (Å²) in [5.74, 6) is 0.687. The molecule has 3 N–H and O–H groups in total. The Hall–Kier alpha value is -2.90. The highest BCUT2D eigenvalue weighted by molar-refractivity contribution is 5.92. The van der Waals surface area contributed by atoms with Crippen molar-refractivity contribution in [1.29, 1.82) is 0 Å². The van der Waals surface area contributed by atoms with E-state index in [1.165, 1.54) is 24.3 Å². The summed E-state index contributed by atoms with van der Waals surface area (Å²) in [5.41, 5.74) is 7.34. The maximum Gasteiger partial charge on any atom is 0.573 e. The first-order chi connectivity index (χ1) is 12.4. The lowest BCUT2D eigenvalue weighted by molar-refractivity contribution is -0.274. The standard InChI is InChI=1S/C18H20F3N3O2/c1-2-25-16-6-4-3-5-13(16)11-12-23-17(22)24-14-7-9-15(10-8-14)26-18(19,20)21/h3-10H,2,11-12H2,1H3,(H3,22,23,24). The maximum atomic E-state index is 12.1. The number of hydrogen-bond acceptors (Lipinski definition) is 3. The van der Waals surface area contributed by atoms with Crippen LogP contribution in [-0.2, 0) is 6.42 Å². The summed E-state index contributed by atoms with van der Waals surface area (Å²) in [5, 5.41) is 2.82. The number of nitrogens with one attached hydrogen (secondary N) is 1. The molecule has 0 saturated heterocycles. The highest BCUT2D eigenvalue weighted by Crippen LogP contribution is 2.24. The zero-order valence-corrected chi connectivity index (χ0v) is 14.2. The van der Waals surface area contributed by atoms with Crippen LogP contribution in [0.2, 0.25) is 0 Å². The molecule has 0 aromatic heterocycles. The number of nitrogens with zero attached hydrogens (tertiary/aromatic N) is 1. The molecule has 0 aliphatic carbocycles. The maximum absolute atomic E-state index is 12.1. The Labute approximate surface area is 149 Å². The van der Waals surface area contributed by atoms with Gasteiger partial charge in [0.1, 0.15) is 11.5 Å². The number of ether oxygens (including phenoxy) is 2. The third-order valence-corrected chi connectivity index (χ3v) is 3.30. The minimum Gasteiger partial charge on any atom is -0.494 e. The van der Waals surface area contributed by atoms with Crippen molar-refractivity contribution in [1.82, 2.24) is 0 Å². The number of halogens is 3. The number of nitrogens with two attached hydrogens (primary N) is 1. The number of guanidine groups is 1. The van der Waals surface area contributed by atoms with E-state index in [9.17, 15) is 13.2 Å². The lowest BCUT2D eigenvalue weighted by Crippen LogP contribution is -2.23. The molecule has 0 saturated carbocycles. The molecular weight excluding hydrogens is 347 g/mol. The van der Waals surface area contributed by atoms with Gasteiger partial charge in [-0.15, -0.1) is 13.2 Å². The van der Waals surface area contributed by atoms with E-state index in [0.29, 0.717) is 25.3 Å². The molecule has 0 spiro atoms. The molecule has 0 amide bonds. The average molecular weight is 367 g/mol. The second-order valence-corrected chi connectivity index (χ2v) is 5.25. The van der Waals surface area contributed by atoms with Crippen LogP contribution >= 0.6 is 0 Å². The van der Waals surface area contributed by atoms with Crippen LogP contribution in [0, 0.1) is 0 Å². The molecule has 0 unspecified atom stereocenters. The fourth-order valence-electron chi connectivity index (χ4n) is 2.23. The fourth-order valence-corrected chi connectivity index (χ4v) is 2.23. The SMILES string of the molecule is CCOc1ccccc1CCN=C(N)Nc1ccc(OC(F)(F)F)cc1. The highest BCUT2D eigenvalue weighted by atomic mass is 19.4. The Morgan fingerprint density at radius 1 is 1.12 bits per heavy atom. The number of aliphatic imine (C=N–C) groups is 1. The average Bonchev–Trinajstić information content (AvgIpc) is 2.57. The molecule has 8 heteroatoms. The number of para-hydroxylation sites is 1. The lowest BCUT2D eigenvalue weighted by atomic mass is 10.1. The molecule has 0 aliphatic rings. The van der Waals surface area contributed by atoms with E-state index in [0.717, 1.165) is 11.3 Å². The summed E-state index contributed by atoms with van der Waals surface area (Å²) in [6, 6.07) is 12.9. The molecule has 0 atom stereocenters. The van der Waals surface area contributed by atoms with Crippen molar-refractivity contribution in [3.63, 3.8) is 0 Å². The van der Waals surface area contributed by atoms with Crippen LogP contribution in [0.1, 0.15) is 12.5 Å². The molecule has 0 aliphatic heterocycles. The summed E-state index contributed by atoms with van der Waals surface area (Å²) in [6.45, 7) is 2.94. The topological polar surface area (TPSA) is 68.9 Å². The van der Waals surface area contributed by atoms with Crippen LogP contribution < -0.4 is 20.5 Å². The van der Waals surface area contributed by atoms with Crippen molar-refractivity contribution in [3.05, 3.63) is 54.1 Å². The number of rotatable bonds is 7. The van der Waals surface area contributed by atoms with Gasteiger partial charge < -0.3 is 20.5 Å².